The van der Waals surface area contributed by atoms with Gasteiger partial charge in [-0.05, 0) is 43.2 Å². The van der Waals surface area contributed by atoms with Crippen molar-refractivity contribution in [3.05, 3.63) is 60.2 Å². The molecule has 0 heterocycles. The molecule has 0 bridgehead atoms. The molecule has 128 valence electrons. The zero-order valence-corrected chi connectivity index (χ0v) is 13.9. The van der Waals surface area contributed by atoms with Gasteiger partial charge in [-0.2, -0.15) is 0 Å². The first-order valence-corrected chi connectivity index (χ1v) is 8.16. The van der Waals surface area contributed by atoms with Crippen molar-refractivity contribution in [2.45, 2.75) is 19.3 Å². The van der Waals surface area contributed by atoms with Crippen molar-refractivity contribution < 1.29 is 14.6 Å². The minimum absolute atomic E-state index is 0.0851. The molecule has 2 rings (SSSR count). The molecule has 0 fully saturated rings. The Morgan fingerprint density at radius 1 is 1.12 bits per heavy atom. The lowest BCUT2D eigenvalue weighted by Gasteiger charge is -2.17. The molecule has 0 saturated heterocycles. The van der Waals surface area contributed by atoms with Crippen LogP contribution in [0.3, 0.4) is 0 Å². The van der Waals surface area contributed by atoms with E-state index in [0.29, 0.717) is 25.3 Å². The lowest BCUT2D eigenvalue weighted by molar-refractivity contribution is 0.248. The van der Waals surface area contributed by atoms with E-state index in [-0.39, 0.29) is 18.6 Å². The van der Waals surface area contributed by atoms with Crippen LogP contribution in [0.25, 0.3) is 0 Å². The van der Waals surface area contributed by atoms with Gasteiger partial charge >= 0.3 is 6.03 Å². The van der Waals surface area contributed by atoms with Crippen LogP contribution >= 0.6 is 0 Å². The topological polar surface area (TPSA) is 70.6 Å². The van der Waals surface area contributed by atoms with E-state index in [9.17, 15) is 9.90 Å². The van der Waals surface area contributed by atoms with Crippen LogP contribution < -0.4 is 15.4 Å². The fourth-order valence-electron chi connectivity index (χ4n) is 2.46. The van der Waals surface area contributed by atoms with Gasteiger partial charge in [0.15, 0.2) is 0 Å². The van der Waals surface area contributed by atoms with E-state index >= 15 is 0 Å². The van der Waals surface area contributed by atoms with Crippen LogP contribution in [0, 0.1) is 0 Å². The normalized spacial score (nSPS) is 11.6. The first-order valence-electron chi connectivity index (χ1n) is 8.16. The standard InChI is InChI=1S/C19H24N2O3/c1-2-24-18-10-8-17(9-11-18)21-19(23)20-14-16(12-13-22)15-6-4-3-5-7-15/h3-11,16,22H,2,12-14H2,1H3,(H2,20,21,23). The van der Waals surface area contributed by atoms with Crippen molar-refractivity contribution >= 4 is 11.7 Å². The van der Waals surface area contributed by atoms with Gasteiger partial charge in [0.1, 0.15) is 5.75 Å². The quantitative estimate of drug-likeness (QED) is 0.696. The van der Waals surface area contributed by atoms with Crippen molar-refractivity contribution in [3.63, 3.8) is 0 Å². The van der Waals surface area contributed by atoms with Gasteiger partial charge in [0, 0.05) is 24.8 Å². The zero-order valence-electron chi connectivity index (χ0n) is 13.9. The zero-order chi connectivity index (χ0) is 17.2. The molecule has 0 aromatic heterocycles. The number of hydrogen-bond donors (Lipinski definition) is 3. The predicted octanol–water partition coefficient (Wildman–Crippen LogP) is 3.37. The predicted molar refractivity (Wildman–Crippen MR) is 95.5 cm³/mol. The number of benzene rings is 2. The molecule has 1 unspecified atom stereocenters. The largest absolute Gasteiger partial charge is 0.494 e. The molecule has 2 aromatic rings. The maximum Gasteiger partial charge on any atom is 0.319 e. The molecule has 0 radical (unpaired) electrons. The average molecular weight is 328 g/mol. The molecule has 24 heavy (non-hydrogen) atoms. The number of urea groups is 1. The maximum atomic E-state index is 12.0. The minimum Gasteiger partial charge on any atom is -0.494 e. The average Bonchev–Trinajstić information content (AvgIpc) is 2.61. The van der Waals surface area contributed by atoms with Crippen molar-refractivity contribution in [3.8, 4) is 5.75 Å². The van der Waals surface area contributed by atoms with Gasteiger partial charge in [0.05, 0.1) is 6.61 Å². The Hall–Kier alpha value is -2.53. The summed E-state index contributed by atoms with van der Waals surface area (Å²) in [6.45, 7) is 3.09. The van der Waals surface area contributed by atoms with Crippen LogP contribution in [0.4, 0.5) is 10.5 Å². The highest BCUT2D eigenvalue weighted by Gasteiger charge is 2.12. The van der Waals surface area contributed by atoms with E-state index in [0.717, 1.165) is 11.3 Å². The van der Waals surface area contributed by atoms with Crippen molar-refractivity contribution in [1.82, 2.24) is 5.32 Å². The van der Waals surface area contributed by atoms with Crippen LogP contribution in [-0.2, 0) is 0 Å². The first kappa shape index (κ1) is 17.8. The highest BCUT2D eigenvalue weighted by molar-refractivity contribution is 5.89. The summed E-state index contributed by atoms with van der Waals surface area (Å²) in [4.78, 5) is 12.0. The molecule has 5 heteroatoms. The number of rotatable bonds is 8. The van der Waals surface area contributed by atoms with Crippen LogP contribution in [0.2, 0.25) is 0 Å². The summed E-state index contributed by atoms with van der Waals surface area (Å²) in [7, 11) is 0. The molecule has 0 aliphatic carbocycles. The van der Waals surface area contributed by atoms with Crippen LogP contribution in [0.5, 0.6) is 5.75 Å². The third-order valence-electron chi connectivity index (χ3n) is 3.68. The summed E-state index contributed by atoms with van der Waals surface area (Å²) < 4.78 is 5.37. The first-order chi connectivity index (χ1) is 11.7. The summed E-state index contributed by atoms with van der Waals surface area (Å²) in [5, 5.41) is 14.9. The lowest BCUT2D eigenvalue weighted by Crippen LogP contribution is -2.32. The second-order valence-electron chi connectivity index (χ2n) is 5.41. The molecule has 3 N–H and O–H groups in total. The third-order valence-corrected chi connectivity index (χ3v) is 3.68. The van der Waals surface area contributed by atoms with Crippen LogP contribution in [0.1, 0.15) is 24.8 Å². The molecule has 2 amide bonds. The summed E-state index contributed by atoms with van der Waals surface area (Å²) in [6.07, 6.45) is 0.605. The maximum absolute atomic E-state index is 12.0. The number of ether oxygens (including phenoxy) is 1. The summed E-state index contributed by atoms with van der Waals surface area (Å²) in [5.74, 6) is 0.859. The smallest absolute Gasteiger partial charge is 0.319 e. The van der Waals surface area contributed by atoms with Crippen LogP contribution in [-0.4, -0.2) is 30.9 Å². The Bertz CT molecular complexity index is 614. The minimum atomic E-state index is -0.266. The number of aliphatic hydroxyl groups is 1. The number of anilines is 1. The van der Waals surface area contributed by atoms with Crippen LogP contribution in [0.15, 0.2) is 54.6 Å². The van der Waals surface area contributed by atoms with Gasteiger partial charge in [-0.25, -0.2) is 4.79 Å². The van der Waals surface area contributed by atoms with E-state index in [1.54, 1.807) is 12.1 Å². The molecule has 0 aliphatic heterocycles. The van der Waals surface area contributed by atoms with E-state index in [1.165, 1.54) is 0 Å². The van der Waals surface area contributed by atoms with E-state index in [2.05, 4.69) is 10.6 Å². The van der Waals surface area contributed by atoms with E-state index in [1.807, 2.05) is 49.4 Å². The second-order valence-corrected chi connectivity index (χ2v) is 5.41. The van der Waals surface area contributed by atoms with Gasteiger partial charge in [0.25, 0.3) is 0 Å². The van der Waals surface area contributed by atoms with Crippen molar-refractivity contribution in [2.75, 3.05) is 25.1 Å². The molecule has 1 atom stereocenters. The van der Waals surface area contributed by atoms with Gasteiger partial charge in [-0.15, -0.1) is 0 Å². The van der Waals surface area contributed by atoms with Crippen molar-refractivity contribution in [2.24, 2.45) is 0 Å². The van der Waals surface area contributed by atoms with Gasteiger partial charge < -0.3 is 20.5 Å². The number of carbonyl (C=O) groups is 1. The Balaban J connectivity index is 1.86. The SMILES string of the molecule is CCOc1ccc(NC(=O)NCC(CCO)c2ccccc2)cc1. The van der Waals surface area contributed by atoms with E-state index in [4.69, 9.17) is 4.74 Å². The summed E-state index contributed by atoms with van der Waals surface area (Å²) in [5.41, 5.74) is 1.81. The Labute approximate surface area is 142 Å². The number of amides is 2. The molecule has 2 aromatic carbocycles. The highest BCUT2D eigenvalue weighted by atomic mass is 16.5. The molecule has 0 spiro atoms. The second kappa shape index (κ2) is 9.57. The molecule has 0 saturated carbocycles. The fourth-order valence-corrected chi connectivity index (χ4v) is 2.46. The third kappa shape index (κ3) is 5.59. The summed E-state index contributed by atoms with van der Waals surface area (Å²) >= 11 is 0. The Morgan fingerprint density at radius 2 is 1.83 bits per heavy atom. The monoisotopic (exact) mass is 328 g/mol. The van der Waals surface area contributed by atoms with E-state index < -0.39 is 0 Å². The number of carbonyl (C=O) groups excluding carboxylic acids is 1. The number of aliphatic hydroxyl groups excluding tert-OH is 1. The molecule has 0 aliphatic rings. The summed E-state index contributed by atoms with van der Waals surface area (Å²) in [6, 6.07) is 16.8. The number of nitrogens with one attached hydrogen (secondary N) is 2. The lowest BCUT2D eigenvalue weighted by atomic mass is 9.96. The Morgan fingerprint density at radius 3 is 2.46 bits per heavy atom. The van der Waals surface area contributed by atoms with Gasteiger partial charge in [-0.3, -0.25) is 0 Å². The molecular weight excluding hydrogens is 304 g/mol. The Kier molecular flexibility index (Phi) is 7.11. The highest BCUT2D eigenvalue weighted by Crippen LogP contribution is 2.18. The number of hydrogen-bond acceptors (Lipinski definition) is 3. The fraction of sp³-hybridized carbons (Fsp3) is 0.316. The molecular formula is C19H24N2O3. The van der Waals surface area contributed by atoms with Gasteiger partial charge in [-0.1, -0.05) is 30.3 Å². The molecule has 5 nitrogen and oxygen atoms in total. The van der Waals surface area contributed by atoms with Gasteiger partial charge in [0.2, 0.25) is 0 Å². The van der Waals surface area contributed by atoms with Crippen molar-refractivity contribution in [1.29, 1.82) is 0 Å².